The number of guanidine groups is 1. The van der Waals surface area contributed by atoms with E-state index in [1.54, 1.807) is 11.0 Å². The second-order valence-electron chi connectivity index (χ2n) is 8.22. The monoisotopic (exact) mass is 453 g/mol. The van der Waals surface area contributed by atoms with E-state index in [9.17, 15) is 23.5 Å². The molecule has 1 amide bonds. The first-order valence-corrected chi connectivity index (χ1v) is 10.6. The molecule has 0 aromatic heterocycles. The zero-order chi connectivity index (χ0) is 23.6. The highest BCUT2D eigenvalue weighted by Crippen LogP contribution is 2.31. The van der Waals surface area contributed by atoms with Crippen LogP contribution in [0.4, 0.5) is 8.78 Å². The van der Waals surface area contributed by atoms with E-state index in [4.69, 9.17) is 4.74 Å². The third kappa shape index (κ3) is 4.67. The third-order valence-electron chi connectivity index (χ3n) is 5.96. The maximum atomic E-state index is 14.6. The molecule has 2 aliphatic heterocycles. The predicted octanol–water partition coefficient (Wildman–Crippen LogP) is 1.83. The van der Waals surface area contributed by atoms with Crippen LogP contribution >= 0.6 is 0 Å². The van der Waals surface area contributed by atoms with E-state index >= 15 is 0 Å². The van der Waals surface area contributed by atoms with E-state index in [1.165, 1.54) is 26.4 Å². The lowest BCUT2D eigenvalue weighted by Crippen LogP contribution is -2.54. The maximum Gasteiger partial charge on any atom is 0.337 e. The molecule has 0 saturated carbocycles. The number of carboxylic acids is 1. The predicted molar refractivity (Wildman–Crippen MR) is 114 cm³/mol. The number of nitrogens with zero attached hydrogens (tertiary/aromatic N) is 4. The molecule has 3 unspecified atom stereocenters. The van der Waals surface area contributed by atoms with Crippen LogP contribution in [0.15, 0.2) is 33.6 Å². The number of fused-ring (bicyclic) bond motifs is 1. The molecule has 0 radical (unpaired) electrons. The summed E-state index contributed by atoms with van der Waals surface area (Å²) in [5.74, 6) is -5.94. The Hall–Kier alpha value is -2.82. The smallest absolute Gasteiger partial charge is 0.337 e. The number of nitrogens with one attached hydrogen (secondary N) is 1. The van der Waals surface area contributed by atoms with Crippen molar-refractivity contribution in [2.75, 3.05) is 20.7 Å². The van der Waals surface area contributed by atoms with Crippen LogP contribution in [0.2, 0.25) is 0 Å². The Morgan fingerprint density at radius 2 is 2.19 bits per heavy atom. The maximum absolute atomic E-state index is 14.6. The largest absolute Gasteiger partial charge is 0.495 e. The topological polar surface area (TPSA) is 107 Å². The lowest BCUT2D eigenvalue weighted by Gasteiger charge is -2.38. The molecule has 176 valence electrons. The summed E-state index contributed by atoms with van der Waals surface area (Å²) >= 11 is 0. The van der Waals surface area contributed by atoms with Crippen molar-refractivity contribution >= 4 is 24.1 Å². The summed E-state index contributed by atoms with van der Waals surface area (Å²) in [6, 6.07) is -0.969. The van der Waals surface area contributed by atoms with Gasteiger partial charge >= 0.3 is 11.9 Å². The normalized spacial score (nSPS) is 28.7. The second kappa shape index (κ2) is 9.35. The summed E-state index contributed by atoms with van der Waals surface area (Å²) in [5.41, 5.74) is 0.496. The number of aliphatic imine (C=N–C) groups is 2. The molecule has 9 nitrogen and oxygen atoms in total. The molecule has 1 fully saturated rings. The van der Waals surface area contributed by atoms with Gasteiger partial charge in [0, 0.05) is 19.3 Å². The fourth-order valence-corrected chi connectivity index (χ4v) is 4.15. The Bertz CT molecular complexity index is 885. The molecule has 0 bridgehead atoms. The third-order valence-corrected chi connectivity index (χ3v) is 5.96. The van der Waals surface area contributed by atoms with Gasteiger partial charge in [-0.15, -0.1) is 0 Å². The van der Waals surface area contributed by atoms with E-state index in [1.807, 2.05) is 13.8 Å². The van der Waals surface area contributed by atoms with E-state index in [0.717, 1.165) is 11.3 Å². The summed E-state index contributed by atoms with van der Waals surface area (Å²) in [5, 5.41) is 12.3. The van der Waals surface area contributed by atoms with Crippen molar-refractivity contribution in [3.8, 4) is 0 Å². The molecular formula is C21H29F2N5O4. The average molecular weight is 453 g/mol. The Balaban J connectivity index is 1.91. The van der Waals surface area contributed by atoms with Crippen LogP contribution < -0.4 is 5.32 Å². The van der Waals surface area contributed by atoms with Gasteiger partial charge < -0.3 is 20.1 Å². The van der Waals surface area contributed by atoms with Gasteiger partial charge in [-0.25, -0.2) is 9.98 Å². The molecule has 0 aromatic carbocycles. The van der Waals surface area contributed by atoms with Crippen LogP contribution in [-0.4, -0.2) is 83.8 Å². The number of carbonyl (C=O) groups excluding carboxylic acids is 1. The van der Waals surface area contributed by atoms with Crippen molar-refractivity contribution in [1.82, 2.24) is 15.1 Å². The Labute approximate surface area is 185 Å². The number of hydrogen-bond donors (Lipinski definition) is 2. The van der Waals surface area contributed by atoms with Gasteiger partial charge in [-0.3, -0.25) is 14.5 Å². The summed E-state index contributed by atoms with van der Waals surface area (Å²) in [6.45, 7) is 3.09. The van der Waals surface area contributed by atoms with Crippen molar-refractivity contribution in [2.24, 2.45) is 15.9 Å². The second-order valence-corrected chi connectivity index (χ2v) is 8.22. The number of amides is 1. The van der Waals surface area contributed by atoms with Gasteiger partial charge in [0.05, 0.1) is 25.3 Å². The van der Waals surface area contributed by atoms with Gasteiger partial charge in [0.2, 0.25) is 5.96 Å². The van der Waals surface area contributed by atoms with Crippen LogP contribution in [0.5, 0.6) is 0 Å². The van der Waals surface area contributed by atoms with Crippen molar-refractivity contribution in [3.05, 3.63) is 23.6 Å². The Morgan fingerprint density at radius 3 is 2.81 bits per heavy atom. The number of allylic oxidation sites excluding steroid dienone is 1. The van der Waals surface area contributed by atoms with Crippen molar-refractivity contribution in [3.63, 3.8) is 0 Å². The summed E-state index contributed by atoms with van der Waals surface area (Å²) in [6.07, 6.45) is 5.61. The number of carboxylic acid groups (broad SMARTS) is 1. The van der Waals surface area contributed by atoms with Crippen LogP contribution in [0.3, 0.4) is 0 Å². The molecule has 1 saturated heterocycles. The molecular weight excluding hydrogens is 424 g/mol. The van der Waals surface area contributed by atoms with Gasteiger partial charge in [-0.05, 0) is 25.8 Å². The van der Waals surface area contributed by atoms with E-state index in [0.29, 0.717) is 17.9 Å². The molecule has 32 heavy (non-hydrogen) atoms. The van der Waals surface area contributed by atoms with E-state index < -0.39 is 42.5 Å². The van der Waals surface area contributed by atoms with Crippen molar-refractivity contribution in [1.29, 1.82) is 0 Å². The number of methoxy groups -OCH3 is 1. The number of hydrogen-bond acceptors (Lipinski definition) is 7. The molecule has 0 aromatic rings. The Kier molecular flexibility index (Phi) is 6.97. The minimum absolute atomic E-state index is 0.175. The average Bonchev–Trinajstić information content (AvgIpc) is 2.83. The first-order valence-electron chi connectivity index (χ1n) is 10.6. The standard InChI is InChI=1S/C21H29F2N5O4/c1-5-6-12(2)28-11-21(22,23)19(31)27(3)15-10-24-20(26-17(15)28)25-14-8-7-13(18(29)30)9-16(14)32-4/h8-10,12-13,15,17H,5-7,11H2,1-4H3,(H,25,26)(H,29,30)/t12?,13?,15-,17?/m0/s1. The van der Waals surface area contributed by atoms with Gasteiger partial charge in [0.15, 0.2) is 0 Å². The number of likely N-dealkylation sites (N-methyl/N-ethyl adjacent to an activating group) is 1. The molecule has 2 heterocycles. The van der Waals surface area contributed by atoms with Gasteiger partial charge in [0.1, 0.15) is 18.0 Å². The van der Waals surface area contributed by atoms with Crippen LogP contribution in [0, 0.1) is 5.92 Å². The molecule has 3 rings (SSSR count). The Morgan fingerprint density at radius 1 is 1.47 bits per heavy atom. The summed E-state index contributed by atoms with van der Waals surface area (Å²) < 4.78 is 34.6. The summed E-state index contributed by atoms with van der Waals surface area (Å²) in [7, 11) is 2.76. The van der Waals surface area contributed by atoms with E-state index in [2.05, 4.69) is 15.3 Å². The number of alkyl halides is 2. The lowest BCUT2D eigenvalue weighted by molar-refractivity contribution is -0.156. The highest BCUT2D eigenvalue weighted by atomic mass is 19.3. The minimum atomic E-state index is -3.53. The van der Waals surface area contributed by atoms with Crippen molar-refractivity contribution < 1.29 is 28.2 Å². The molecule has 2 N–H and O–H groups in total. The number of halogens is 2. The fraction of sp³-hybridized carbons (Fsp3) is 0.619. The number of carbonyl (C=O) groups is 2. The van der Waals surface area contributed by atoms with Crippen LogP contribution in [0.25, 0.3) is 0 Å². The zero-order valence-electron chi connectivity index (χ0n) is 18.6. The lowest BCUT2D eigenvalue weighted by atomic mass is 9.98. The minimum Gasteiger partial charge on any atom is -0.495 e. The molecule has 11 heteroatoms. The zero-order valence-corrected chi connectivity index (χ0v) is 18.6. The molecule has 1 aliphatic carbocycles. The number of aliphatic carboxylic acids is 1. The highest BCUT2D eigenvalue weighted by Gasteiger charge is 2.52. The van der Waals surface area contributed by atoms with Gasteiger partial charge in [-0.2, -0.15) is 8.78 Å². The highest BCUT2D eigenvalue weighted by molar-refractivity contribution is 5.95. The summed E-state index contributed by atoms with van der Waals surface area (Å²) in [4.78, 5) is 35.0. The number of ether oxygens (including phenoxy) is 1. The van der Waals surface area contributed by atoms with Crippen LogP contribution in [0.1, 0.15) is 33.1 Å². The molecule has 4 atom stereocenters. The SMILES string of the molecule is CCCC(C)N1CC(F)(F)C(=O)N(C)[C@H]2C=NC(NC3=CCC(C(=O)O)C=C3OC)=NC21. The first kappa shape index (κ1) is 23.8. The quantitative estimate of drug-likeness (QED) is 0.636. The van der Waals surface area contributed by atoms with Gasteiger partial charge in [0.25, 0.3) is 5.91 Å². The van der Waals surface area contributed by atoms with Gasteiger partial charge in [-0.1, -0.05) is 19.4 Å². The molecule has 3 aliphatic rings. The molecule has 0 spiro atoms. The van der Waals surface area contributed by atoms with Crippen LogP contribution in [-0.2, 0) is 14.3 Å². The first-order chi connectivity index (χ1) is 15.1. The van der Waals surface area contributed by atoms with E-state index in [-0.39, 0.29) is 18.4 Å². The number of rotatable bonds is 6. The fourth-order valence-electron chi connectivity index (χ4n) is 4.15. The van der Waals surface area contributed by atoms with Crippen molar-refractivity contribution in [2.45, 2.75) is 57.3 Å².